The van der Waals surface area contributed by atoms with Crippen molar-refractivity contribution in [3.63, 3.8) is 0 Å². The number of methoxy groups -OCH3 is 1. The molecule has 0 spiro atoms. The van der Waals surface area contributed by atoms with Crippen molar-refractivity contribution in [2.75, 3.05) is 56.7 Å². The minimum Gasteiger partial charge on any atom is -0.480 e. The standard InChI is InChI=1S/C27H36N6O4S/c1-17-8-6-10-19-21(17)38-24(29-19)20-22(30-25(31-23(20)35-5)32-12-14-36-15-13-32)28-18-9-7-11-33(16-18)26(34)37-27(2,3)4/h6,8,10,18H,7,9,11-16H2,1-5H3,(H,28,30,31)/t18-/m1/s1. The molecule has 0 radical (unpaired) electrons. The first-order valence-electron chi connectivity index (χ1n) is 13.1. The fourth-order valence-electron chi connectivity index (χ4n) is 4.75. The number of likely N-dealkylation sites (tertiary alicyclic amines) is 1. The van der Waals surface area contributed by atoms with Gasteiger partial charge in [0, 0.05) is 32.2 Å². The maximum absolute atomic E-state index is 12.8. The number of thiazole rings is 1. The van der Waals surface area contributed by atoms with Crippen LogP contribution in [0.15, 0.2) is 18.2 Å². The molecule has 1 amide bonds. The van der Waals surface area contributed by atoms with Crippen LogP contribution in [0.1, 0.15) is 39.2 Å². The van der Waals surface area contributed by atoms with Gasteiger partial charge in [-0.2, -0.15) is 9.97 Å². The number of amides is 1. The molecule has 38 heavy (non-hydrogen) atoms. The Kier molecular flexibility index (Phi) is 7.58. The number of hydrogen-bond donors (Lipinski definition) is 1. The lowest BCUT2D eigenvalue weighted by molar-refractivity contribution is 0.0206. The van der Waals surface area contributed by atoms with Crippen molar-refractivity contribution in [3.8, 4) is 16.5 Å². The second kappa shape index (κ2) is 10.9. The Morgan fingerprint density at radius 3 is 2.66 bits per heavy atom. The molecule has 3 aromatic rings. The topological polar surface area (TPSA) is 102 Å². The molecule has 11 heteroatoms. The summed E-state index contributed by atoms with van der Waals surface area (Å²) in [5, 5.41) is 4.43. The Morgan fingerprint density at radius 1 is 1.16 bits per heavy atom. The van der Waals surface area contributed by atoms with E-state index < -0.39 is 5.60 Å². The summed E-state index contributed by atoms with van der Waals surface area (Å²) in [7, 11) is 1.63. The van der Waals surface area contributed by atoms with Crippen molar-refractivity contribution in [3.05, 3.63) is 23.8 Å². The molecule has 0 bridgehead atoms. The Morgan fingerprint density at radius 2 is 1.95 bits per heavy atom. The van der Waals surface area contributed by atoms with E-state index in [1.54, 1.807) is 23.3 Å². The van der Waals surface area contributed by atoms with E-state index >= 15 is 0 Å². The maximum Gasteiger partial charge on any atom is 0.410 e. The normalized spacial score (nSPS) is 18.5. The molecule has 1 atom stereocenters. The predicted molar refractivity (Wildman–Crippen MR) is 149 cm³/mol. The molecule has 2 saturated heterocycles. The monoisotopic (exact) mass is 540 g/mol. The fourth-order valence-corrected chi connectivity index (χ4v) is 5.82. The van der Waals surface area contributed by atoms with Gasteiger partial charge in [-0.3, -0.25) is 0 Å². The number of fused-ring (bicyclic) bond motifs is 1. The molecule has 1 N–H and O–H groups in total. The van der Waals surface area contributed by atoms with Crippen molar-refractivity contribution in [1.29, 1.82) is 0 Å². The number of ether oxygens (including phenoxy) is 3. The lowest BCUT2D eigenvalue weighted by Gasteiger charge is -2.35. The number of morpholine rings is 1. The van der Waals surface area contributed by atoms with Gasteiger partial charge in [0.2, 0.25) is 11.8 Å². The molecule has 0 saturated carbocycles. The van der Waals surface area contributed by atoms with Gasteiger partial charge in [0.25, 0.3) is 0 Å². The van der Waals surface area contributed by atoms with Crippen LogP contribution in [0.4, 0.5) is 16.6 Å². The van der Waals surface area contributed by atoms with Gasteiger partial charge in [-0.05, 0) is 52.2 Å². The predicted octanol–water partition coefficient (Wildman–Crippen LogP) is 4.72. The van der Waals surface area contributed by atoms with Crippen LogP contribution < -0.4 is 15.0 Å². The van der Waals surface area contributed by atoms with Crippen LogP contribution in [0.5, 0.6) is 5.88 Å². The van der Waals surface area contributed by atoms with E-state index in [1.165, 1.54) is 5.56 Å². The molecule has 0 aliphatic carbocycles. The Bertz CT molecular complexity index is 1300. The van der Waals surface area contributed by atoms with Gasteiger partial charge in [0.1, 0.15) is 22.0 Å². The minimum atomic E-state index is -0.539. The SMILES string of the molecule is COc1nc(N2CCOCC2)nc(N[C@@H]2CCCN(C(=O)OC(C)(C)C)C2)c1-c1nc2cccc(C)c2s1. The number of aryl methyl sites for hydroxylation is 1. The van der Waals surface area contributed by atoms with Crippen molar-refractivity contribution < 1.29 is 19.0 Å². The molecule has 2 fully saturated rings. The zero-order valence-electron chi connectivity index (χ0n) is 22.7. The van der Waals surface area contributed by atoms with E-state index in [1.807, 2.05) is 32.9 Å². The molecule has 2 aliphatic rings. The van der Waals surface area contributed by atoms with Gasteiger partial charge in [0.05, 0.1) is 30.5 Å². The molecule has 204 valence electrons. The third kappa shape index (κ3) is 5.78. The van der Waals surface area contributed by atoms with Crippen LogP contribution >= 0.6 is 11.3 Å². The van der Waals surface area contributed by atoms with Crippen molar-refractivity contribution >= 4 is 39.4 Å². The third-order valence-electron chi connectivity index (χ3n) is 6.59. The second-order valence-electron chi connectivity index (χ2n) is 10.7. The first-order valence-corrected chi connectivity index (χ1v) is 13.9. The largest absolute Gasteiger partial charge is 0.480 e. The molecular weight excluding hydrogens is 504 g/mol. The Hall–Kier alpha value is -3.18. The van der Waals surface area contributed by atoms with E-state index in [2.05, 4.69) is 23.2 Å². The van der Waals surface area contributed by atoms with Crippen molar-refractivity contribution in [2.24, 2.45) is 0 Å². The summed E-state index contributed by atoms with van der Waals surface area (Å²) in [6.07, 6.45) is 1.47. The molecule has 2 aromatic heterocycles. The van der Waals surface area contributed by atoms with Crippen LogP contribution in [-0.4, -0.2) is 84.1 Å². The maximum atomic E-state index is 12.8. The first-order chi connectivity index (χ1) is 18.2. The van der Waals surface area contributed by atoms with Gasteiger partial charge in [-0.25, -0.2) is 9.78 Å². The van der Waals surface area contributed by atoms with Gasteiger partial charge >= 0.3 is 6.09 Å². The average Bonchev–Trinajstić information content (AvgIpc) is 3.33. The molecule has 2 aliphatic heterocycles. The summed E-state index contributed by atoms with van der Waals surface area (Å²) in [5.41, 5.74) is 2.30. The summed E-state index contributed by atoms with van der Waals surface area (Å²) in [6, 6.07) is 6.11. The number of hydrogen-bond acceptors (Lipinski definition) is 10. The van der Waals surface area contributed by atoms with E-state index in [4.69, 9.17) is 29.2 Å². The van der Waals surface area contributed by atoms with E-state index in [-0.39, 0.29) is 12.1 Å². The molecule has 5 rings (SSSR count). The highest BCUT2D eigenvalue weighted by Crippen LogP contribution is 2.41. The summed E-state index contributed by atoms with van der Waals surface area (Å²) < 4.78 is 18.1. The third-order valence-corrected chi connectivity index (χ3v) is 7.81. The molecular formula is C27H36N6O4S. The number of benzene rings is 1. The van der Waals surface area contributed by atoms with Crippen LogP contribution in [0.25, 0.3) is 20.8 Å². The van der Waals surface area contributed by atoms with Crippen LogP contribution in [-0.2, 0) is 9.47 Å². The summed E-state index contributed by atoms with van der Waals surface area (Å²) in [6.45, 7) is 11.6. The van der Waals surface area contributed by atoms with E-state index in [0.29, 0.717) is 57.0 Å². The van der Waals surface area contributed by atoms with Crippen LogP contribution in [0, 0.1) is 6.92 Å². The molecule has 0 unspecified atom stereocenters. The highest BCUT2D eigenvalue weighted by atomic mass is 32.1. The minimum absolute atomic E-state index is 0.0109. The zero-order chi connectivity index (χ0) is 26.9. The molecule has 1 aromatic carbocycles. The number of rotatable bonds is 5. The number of carbonyl (C=O) groups excluding carboxylic acids is 1. The number of piperidine rings is 1. The zero-order valence-corrected chi connectivity index (χ0v) is 23.6. The van der Waals surface area contributed by atoms with E-state index in [0.717, 1.165) is 33.6 Å². The lowest BCUT2D eigenvalue weighted by atomic mass is 10.1. The van der Waals surface area contributed by atoms with Gasteiger partial charge in [-0.15, -0.1) is 11.3 Å². The molecule has 10 nitrogen and oxygen atoms in total. The number of nitrogens with one attached hydrogen (secondary N) is 1. The van der Waals surface area contributed by atoms with Crippen molar-refractivity contribution in [1.82, 2.24) is 19.9 Å². The smallest absolute Gasteiger partial charge is 0.410 e. The number of aromatic nitrogens is 3. The van der Waals surface area contributed by atoms with Gasteiger partial charge in [-0.1, -0.05) is 12.1 Å². The fraction of sp³-hybridized carbons (Fsp3) is 0.556. The summed E-state index contributed by atoms with van der Waals surface area (Å²) >= 11 is 1.61. The van der Waals surface area contributed by atoms with Gasteiger partial charge < -0.3 is 29.3 Å². The molecule has 4 heterocycles. The number of nitrogens with zero attached hydrogens (tertiary/aromatic N) is 5. The van der Waals surface area contributed by atoms with E-state index in [9.17, 15) is 4.79 Å². The lowest BCUT2D eigenvalue weighted by Crippen LogP contribution is -2.47. The Balaban J connectivity index is 1.52. The van der Waals surface area contributed by atoms with Crippen LogP contribution in [0.3, 0.4) is 0 Å². The average molecular weight is 541 g/mol. The summed E-state index contributed by atoms with van der Waals surface area (Å²) in [4.78, 5) is 31.4. The highest BCUT2D eigenvalue weighted by molar-refractivity contribution is 7.22. The van der Waals surface area contributed by atoms with Gasteiger partial charge in [0.15, 0.2) is 0 Å². The first kappa shape index (κ1) is 26.4. The number of carbonyl (C=O) groups is 1. The number of anilines is 2. The second-order valence-corrected chi connectivity index (χ2v) is 11.7. The summed E-state index contributed by atoms with van der Waals surface area (Å²) in [5.74, 6) is 1.72. The Labute approximate surface area is 227 Å². The highest BCUT2D eigenvalue weighted by Gasteiger charge is 2.30. The van der Waals surface area contributed by atoms with Crippen molar-refractivity contribution in [2.45, 2.75) is 52.2 Å². The quantitative estimate of drug-likeness (QED) is 0.493. The van der Waals surface area contributed by atoms with Crippen LogP contribution in [0.2, 0.25) is 0 Å².